The summed E-state index contributed by atoms with van der Waals surface area (Å²) in [5.74, 6) is 0. The first-order chi connectivity index (χ1) is 6.34. The third kappa shape index (κ3) is 4.51. The van der Waals surface area contributed by atoms with Crippen LogP contribution in [0.1, 0.15) is 41.5 Å². The highest BCUT2D eigenvalue weighted by Gasteiger charge is 2.50. The summed E-state index contributed by atoms with van der Waals surface area (Å²) in [7, 11) is 0.0735. The van der Waals surface area contributed by atoms with Crippen molar-refractivity contribution >= 4 is 17.4 Å². The molecule has 0 rings (SSSR count). The average Bonchev–Trinajstić information content (AvgIpc) is 2.00. The van der Waals surface area contributed by atoms with E-state index in [1.54, 1.807) is 0 Å². The van der Waals surface area contributed by atoms with Gasteiger partial charge in [-0.3, -0.25) is 0 Å². The zero-order valence-electron chi connectivity index (χ0n) is 9.98. The van der Waals surface area contributed by atoms with E-state index in [-0.39, 0.29) is 17.9 Å². The Kier molecular flexibility index (Phi) is 6.69. The van der Waals surface area contributed by atoms with Gasteiger partial charge in [0.25, 0.3) is 0 Å². The molecule has 0 fully saturated rings. The smallest absolute Gasteiger partial charge is 0.175 e. The summed E-state index contributed by atoms with van der Waals surface area (Å²) in [4.78, 5) is 0. The van der Waals surface area contributed by atoms with Crippen molar-refractivity contribution in [3.63, 3.8) is 0 Å². The minimum atomic E-state index is -2.20. The molecule has 1 atom stereocenters. The van der Waals surface area contributed by atoms with Gasteiger partial charge in [0.05, 0.1) is 9.47 Å². The number of rotatable bonds is 6. The van der Waals surface area contributed by atoms with Crippen LogP contribution >= 0.6 is 17.4 Å². The largest absolute Gasteiger partial charge is 0.417 e. The van der Waals surface area contributed by atoms with Gasteiger partial charge in [0.15, 0.2) is 0 Å². The first-order valence-electron chi connectivity index (χ1n) is 4.98. The second-order valence-corrected chi connectivity index (χ2v) is 7.42. The number of hydrogen-bond acceptors (Lipinski definition) is 3. The molecule has 0 heterocycles. The summed E-state index contributed by atoms with van der Waals surface area (Å²) < 4.78 is 17.0. The van der Waals surface area contributed by atoms with Gasteiger partial charge in [0, 0.05) is 0 Å². The Hall–Kier alpha value is 0.740. The first kappa shape index (κ1) is 14.7. The van der Waals surface area contributed by atoms with Gasteiger partial charge in [0.1, 0.15) is 17.9 Å². The molecule has 0 N–H and O–H groups in total. The van der Waals surface area contributed by atoms with Gasteiger partial charge in [0.2, 0.25) is 0 Å². The Bertz CT molecular complexity index is 150. The second kappa shape index (κ2) is 6.35. The Balaban J connectivity index is 4.60. The standard InChI is InChI=1S/C9H23O3P2/c1-7(2)10-14(12-13,9(5)6)11-8(3)4/h7-9H,13H2,1-6H3/q+1. The lowest BCUT2D eigenvalue weighted by Crippen LogP contribution is -2.19. The van der Waals surface area contributed by atoms with E-state index in [2.05, 4.69) is 23.3 Å². The van der Waals surface area contributed by atoms with Gasteiger partial charge in [-0.1, -0.05) is 0 Å². The van der Waals surface area contributed by atoms with Crippen molar-refractivity contribution in [2.24, 2.45) is 0 Å². The summed E-state index contributed by atoms with van der Waals surface area (Å²) in [5, 5.41) is 0. The van der Waals surface area contributed by atoms with Crippen molar-refractivity contribution in [2.45, 2.75) is 59.4 Å². The molecule has 0 aliphatic carbocycles. The summed E-state index contributed by atoms with van der Waals surface area (Å²) in [6, 6.07) is 0. The monoisotopic (exact) mass is 241 g/mol. The lowest BCUT2D eigenvalue weighted by Gasteiger charge is -2.26. The summed E-state index contributed by atoms with van der Waals surface area (Å²) in [5.41, 5.74) is 0.241. The van der Waals surface area contributed by atoms with E-state index >= 15 is 0 Å². The van der Waals surface area contributed by atoms with Crippen LogP contribution in [-0.2, 0) is 13.4 Å². The third-order valence-corrected chi connectivity index (χ3v) is 5.37. The van der Waals surface area contributed by atoms with E-state index in [0.29, 0.717) is 0 Å². The van der Waals surface area contributed by atoms with Crippen LogP contribution in [0.4, 0.5) is 0 Å². The molecular weight excluding hydrogens is 218 g/mol. The zero-order valence-corrected chi connectivity index (χ0v) is 12.0. The fraction of sp³-hybridized carbons (Fsp3) is 1.00. The molecule has 0 amide bonds. The molecule has 0 aromatic rings. The van der Waals surface area contributed by atoms with E-state index in [1.165, 1.54) is 0 Å². The van der Waals surface area contributed by atoms with Gasteiger partial charge in [-0.25, -0.2) is 0 Å². The highest BCUT2D eigenvalue weighted by Crippen LogP contribution is 2.68. The SMILES string of the molecule is CC(C)O[P+](OP)(OC(C)C)C(C)C. The van der Waals surface area contributed by atoms with Crippen molar-refractivity contribution in [2.75, 3.05) is 0 Å². The molecular formula is C9H23O3P2+. The van der Waals surface area contributed by atoms with Crippen LogP contribution in [0, 0.1) is 0 Å². The van der Waals surface area contributed by atoms with Crippen LogP contribution < -0.4 is 0 Å². The maximum atomic E-state index is 5.81. The summed E-state index contributed by atoms with van der Waals surface area (Å²) in [6.07, 6.45) is 0.232. The van der Waals surface area contributed by atoms with Crippen LogP contribution in [0.5, 0.6) is 0 Å². The first-order valence-corrected chi connectivity index (χ1v) is 7.06. The van der Waals surface area contributed by atoms with Crippen molar-refractivity contribution in [1.82, 2.24) is 0 Å². The third-order valence-electron chi connectivity index (χ3n) is 1.49. The molecule has 0 aromatic heterocycles. The normalized spacial score (nSPS) is 13.3. The van der Waals surface area contributed by atoms with Crippen molar-refractivity contribution in [3.8, 4) is 0 Å². The molecule has 5 heteroatoms. The minimum Gasteiger partial charge on any atom is -0.175 e. The quantitative estimate of drug-likeness (QED) is 0.662. The van der Waals surface area contributed by atoms with Crippen LogP contribution in [0.2, 0.25) is 0 Å². The fourth-order valence-corrected chi connectivity index (χ4v) is 4.11. The lowest BCUT2D eigenvalue weighted by atomic mass is 10.5. The van der Waals surface area contributed by atoms with Crippen LogP contribution in [0.3, 0.4) is 0 Å². The predicted molar refractivity (Wildman–Crippen MR) is 65.3 cm³/mol. The molecule has 0 saturated heterocycles. The molecule has 0 aliphatic heterocycles. The highest BCUT2D eigenvalue weighted by molar-refractivity contribution is 7.65. The molecule has 0 aliphatic rings. The molecule has 0 bridgehead atoms. The zero-order chi connectivity index (χ0) is 11.4. The molecule has 0 radical (unpaired) electrons. The van der Waals surface area contributed by atoms with Gasteiger partial charge in [-0.05, 0) is 41.5 Å². The Labute approximate surface area is 90.8 Å². The Morgan fingerprint density at radius 1 is 0.857 bits per heavy atom. The van der Waals surface area contributed by atoms with Crippen LogP contribution in [0.25, 0.3) is 0 Å². The van der Waals surface area contributed by atoms with Gasteiger partial charge < -0.3 is 0 Å². The molecule has 0 aromatic carbocycles. The highest BCUT2D eigenvalue weighted by atomic mass is 31.2. The second-order valence-electron chi connectivity index (χ2n) is 4.05. The van der Waals surface area contributed by atoms with Crippen molar-refractivity contribution in [3.05, 3.63) is 0 Å². The van der Waals surface area contributed by atoms with Gasteiger partial charge >= 0.3 is 7.94 Å². The van der Waals surface area contributed by atoms with Crippen LogP contribution in [-0.4, -0.2) is 17.9 Å². The van der Waals surface area contributed by atoms with Crippen LogP contribution in [0.15, 0.2) is 0 Å². The van der Waals surface area contributed by atoms with E-state index < -0.39 is 7.94 Å². The average molecular weight is 241 g/mol. The maximum Gasteiger partial charge on any atom is 0.417 e. The number of hydrogen-bond donors (Lipinski definition) is 0. The van der Waals surface area contributed by atoms with E-state index in [9.17, 15) is 0 Å². The molecule has 0 spiro atoms. The Morgan fingerprint density at radius 2 is 1.21 bits per heavy atom. The fourth-order valence-electron chi connectivity index (χ4n) is 1.03. The van der Waals surface area contributed by atoms with E-state index in [1.807, 2.05) is 27.7 Å². The molecule has 1 unspecified atom stereocenters. The van der Waals surface area contributed by atoms with Gasteiger partial charge in [-0.15, -0.1) is 0 Å². The van der Waals surface area contributed by atoms with Crippen molar-refractivity contribution < 1.29 is 13.4 Å². The summed E-state index contributed by atoms with van der Waals surface area (Å²) >= 11 is 0. The lowest BCUT2D eigenvalue weighted by molar-refractivity contribution is 0.123. The molecule has 14 heavy (non-hydrogen) atoms. The molecule has 86 valence electrons. The summed E-state index contributed by atoms with van der Waals surface area (Å²) in [6.45, 7) is 12.1. The molecule has 3 nitrogen and oxygen atoms in total. The Morgan fingerprint density at radius 3 is 1.36 bits per heavy atom. The van der Waals surface area contributed by atoms with E-state index in [4.69, 9.17) is 13.4 Å². The van der Waals surface area contributed by atoms with Gasteiger partial charge in [-0.2, -0.15) is 13.4 Å². The van der Waals surface area contributed by atoms with E-state index in [0.717, 1.165) is 0 Å². The predicted octanol–water partition coefficient (Wildman–Crippen LogP) is 3.81. The topological polar surface area (TPSA) is 27.7 Å². The molecule has 0 saturated carbocycles. The maximum absolute atomic E-state index is 5.81. The minimum absolute atomic E-state index is 0.116. The van der Waals surface area contributed by atoms with Crippen molar-refractivity contribution in [1.29, 1.82) is 0 Å².